The van der Waals surface area contributed by atoms with E-state index < -0.39 is 0 Å². The maximum atomic E-state index is 11.4. The van der Waals surface area contributed by atoms with Gasteiger partial charge in [-0.05, 0) is 41.3 Å². The van der Waals surface area contributed by atoms with Crippen molar-refractivity contribution < 1.29 is 4.79 Å². The van der Waals surface area contributed by atoms with Crippen molar-refractivity contribution in [3.05, 3.63) is 63.6 Å². The van der Waals surface area contributed by atoms with Gasteiger partial charge < -0.3 is 11.1 Å². The molecule has 102 valence electrons. The highest BCUT2D eigenvalue weighted by Crippen LogP contribution is 2.28. The molecule has 4 heteroatoms. The van der Waals surface area contributed by atoms with E-state index in [2.05, 4.69) is 27.3 Å². The molecule has 1 aliphatic rings. The lowest BCUT2D eigenvalue weighted by molar-refractivity contribution is -0.116. The minimum atomic E-state index is -0.147. The molecule has 0 aliphatic carbocycles. The lowest BCUT2D eigenvalue weighted by Gasteiger charge is -2.20. The molecule has 0 spiro atoms. The first-order valence-electron chi connectivity index (χ1n) is 6.57. The van der Waals surface area contributed by atoms with Crippen LogP contribution >= 0.6 is 15.9 Å². The molecule has 1 atom stereocenters. The van der Waals surface area contributed by atoms with Crippen LogP contribution in [0.5, 0.6) is 0 Å². The number of aryl methyl sites for hydroxylation is 1. The Kier molecular flexibility index (Phi) is 3.59. The summed E-state index contributed by atoms with van der Waals surface area (Å²) < 4.78 is 1.04. The molecule has 1 unspecified atom stereocenters. The highest BCUT2D eigenvalue weighted by molar-refractivity contribution is 9.10. The molecule has 0 bridgehead atoms. The molecule has 0 aromatic heterocycles. The zero-order valence-electron chi connectivity index (χ0n) is 10.9. The van der Waals surface area contributed by atoms with Crippen LogP contribution < -0.4 is 11.1 Å². The maximum Gasteiger partial charge on any atom is 0.224 e. The topological polar surface area (TPSA) is 55.1 Å². The Morgan fingerprint density at radius 2 is 1.75 bits per heavy atom. The van der Waals surface area contributed by atoms with Crippen molar-refractivity contribution in [2.24, 2.45) is 5.73 Å². The summed E-state index contributed by atoms with van der Waals surface area (Å²) in [6.45, 7) is 0. The zero-order chi connectivity index (χ0) is 14.1. The van der Waals surface area contributed by atoms with Crippen molar-refractivity contribution in [1.29, 1.82) is 0 Å². The fourth-order valence-corrected chi connectivity index (χ4v) is 2.72. The van der Waals surface area contributed by atoms with Crippen LogP contribution in [0.4, 0.5) is 5.69 Å². The number of fused-ring (bicyclic) bond motifs is 1. The molecular weight excluding hydrogens is 316 g/mol. The van der Waals surface area contributed by atoms with Crippen LogP contribution in [-0.2, 0) is 11.2 Å². The fraction of sp³-hybridized carbons (Fsp3) is 0.188. The van der Waals surface area contributed by atoms with Crippen molar-refractivity contribution >= 4 is 27.5 Å². The van der Waals surface area contributed by atoms with E-state index in [1.807, 2.05) is 36.4 Å². The van der Waals surface area contributed by atoms with Crippen molar-refractivity contribution in [2.75, 3.05) is 5.32 Å². The largest absolute Gasteiger partial charge is 0.326 e. The standard InChI is InChI=1S/C16H15BrN2O/c17-13-5-1-10(2-6-13)16(18)12-3-7-14-11(9-12)4-8-15(20)19-14/h1-3,5-7,9,16H,4,8,18H2,(H,19,20). The molecule has 1 aliphatic heterocycles. The monoisotopic (exact) mass is 330 g/mol. The van der Waals surface area contributed by atoms with E-state index in [-0.39, 0.29) is 11.9 Å². The van der Waals surface area contributed by atoms with E-state index >= 15 is 0 Å². The number of rotatable bonds is 2. The number of nitrogens with one attached hydrogen (secondary N) is 1. The van der Waals surface area contributed by atoms with Gasteiger partial charge in [-0.25, -0.2) is 0 Å². The first-order chi connectivity index (χ1) is 9.63. The average Bonchev–Trinajstić information content (AvgIpc) is 2.47. The fourth-order valence-electron chi connectivity index (χ4n) is 2.46. The number of hydrogen-bond donors (Lipinski definition) is 2. The predicted molar refractivity (Wildman–Crippen MR) is 83.6 cm³/mol. The molecule has 3 rings (SSSR count). The number of amides is 1. The molecule has 3 nitrogen and oxygen atoms in total. The number of carbonyl (C=O) groups is 1. The van der Waals surface area contributed by atoms with Crippen molar-refractivity contribution in [1.82, 2.24) is 0 Å². The van der Waals surface area contributed by atoms with E-state index in [0.29, 0.717) is 6.42 Å². The molecule has 3 N–H and O–H groups in total. The first kappa shape index (κ1) is 13.3. The normalized spacial score (nSPS) is 15.4. The minimum Gasteiger partial charge on any atom is -0.326 e. The second kappa shape index (κ2) is 5.38. The summed E-state index contributed by atoms with van der Waals surface area (Å²) in [6.07, 6.45) is 1.33. The summed E-state index contributed by atoms with van der Waals surface area (Å²) in [5.41, 5.74) is 10.5. The van der Waals surface area contributed by atoms with Crippen molar-refractivity contribution in [3.8, 4) is 0 Å². The second-order valence-electron chi connectivity index (χ2n) is 4.99. The van der Waals surface area contributed by atoms with Gasteiger partial charge in [-0.2, -0.15) is 0 Å². The Bertz CT molecular complexity index is 652. The number of hydrogen-bond acceptors (Lipinski definition) is 2. The summed E-state index contributed by atoms with van der Waals surface area (Å²) in [7, 11) is 0. The quantitative estimate of drug-likeness (QED) is 0.886. The number of nitrogens with two attached hydrogens (primary N) is 1. The maximum absolute atomic E-state index is 11.4. The van der Waals surface area contributed by atoms with Gasteiger partial charge in [-0.1, -0.05) is 40.2 Å². The number of anilines is 1. The van der Waals surface area contributed by atoms with E-state index in [1.54, 1.807) is 0 Å². The molecular formula is C16H15BrN2O. The molecule has 0 radical (unpaired) electrons. The number of halogens is 1. The Balaban J connectivity index is 1.90. The van der Waals surface area contributed by atoms with Gasteiger partial charge in [0.15, 0.2) is 0 Å². The minimum absolute atomic E-state index is 0.0856. The molecule has 20 heavy (non-hydrogen) atoms. The van der Waals surface area contributed by atoms with Crippen molar-refractivity contribution in [3.63, 3.8) is 0 Å². The molecule has 1 amide bonds. The second-order valence-corrected chi connectivity index (χ2v) is 5.91. The molecule has 0 saturated carbocycles. The third kappa shape index (κ3) is 2.62. The van der Waals surface area contributed by atoms with Crippen LogP contribution in [-0.4, -0.2) is 5.91 Å². The van der Waals surface area contributed by atoms with Crippen LogP contribution in [0.3, 0.4) is 0 Å². The Hall–Kier alpha value is -1.65. The third-order valence-electron chi connectivity index (χ3n) is 3.61. The summed E-state index contributed by atoms with van der Waals surface area (Å²) in [6, 6.07) is 13.9. The number of benzene rings is 2. The summed E-state index contributed by atoms with van der Waals surface area (Å²) in [4.78, 5) is 11.4. The van der Waals surface area contributed by atoms with Gasteiger partial charge in [0.25, 0.3) is 0 Å². The van der Waals surface area contributed by atoms with Crippen LogP contribution in [0, 0.1) is 0 Å². The number of carbonyl (C=O) groups excluding carboxylic acids is 1. The van der Waals surface area contributed by atoms with E-state index in [9.17, 15) is 4.79 Å². The van der Waals surface area contributed by atoms with Crippen LogP contribution in [0.15, 0.2) is 46.9 Å². The van der Waals surface area contributed by atoms with Gasteiger partial charge in [-0.3, -0.25) is 4.79 Å². The first-order valence-corrected chi connectivity index (χ1v) is 7.36. The molecule has 1 heterocycles. The average molecular weight is 331 g/mol. The molecule has 2 aromatic carbocycles. The lowest BCUT2D eigenvalue weighted by Crippen LogP contribution is -2.20. The molecule has 0 fully saturated rings. The van der Waals surface area contributed by atoms with E-state index in [1.165, 1.54) is 0 Å². The zero-order valence-corrected chi connectivity index (χ0v) is 12.5. The van der Waals surface area contributed by atoms with Crippen LogP contribution in [0.1, 0.15) is 29.2 Å². The van der Waals surface area contributed by atoms with Gasteiger partial charge in [0.05, 0.1) is 6.04 Å². The summed E-state index contributed by atoms with van der Waals surface area (Å²) in [5, 5.41) is 2.89. The van der Waals surface area contributed by atoms with Crippen molar-refractivity contribution in [2.45, 2.75) is 18.9 Å². The SMILES string of the molecule is NC(c1ccc(Br)cc1)c1ccc2c(c1)CCC(=O)N2. The van der Waals surface area contributed by atoms with Crippen LogP contribution in [0.2, 0.25) is 0 Å². The van der Waals surface area contributed by atoms with Gasteiger partial charge in [0, 0.05) is 16.6 Å². The highest BCUT2D eigenvalue weighted by atomic mass is 79.9. The molecule has 0 saturated heterocycles. The smallest absolute Gasteiger partial charge is 0.224 e. The van der Waals surface area contributed by atoms with Gasteiger partial charge >= 0.3 is 0 Å². The third-order valence-corrected chi connectivity index (χ3v) is 4.14. The Morgan fingerprint density at radius 1 is 1.05 bits per heavy atom. The lowest BCUT2D eigenvalue weighted by atomic mass is 9.94. The van der Waals surface area contributed by atoms with Gasteiger partial charge in [0.1, 0.15) is 0 Å². The predicted octanol–water partition coefficient (Wildman–Crippen LogP) is 3.38. The van der Waals surface area contributed by atoms with E-state index in [4.69, 9.17) is 5.73 Å². The van der Waals surface area contributed by atoms with Crippen LogP contribution in [0.25, 0.3) is 0 Å². The summed E-state index contributed by atoms with van der Waals surface area (Å²) in [5.74, 6) is 0.0856. The van der Waals surface area contributed by atoms with Gasteiger partial charge in [-0.15, -0.1) is 0 Å². The highest BCUT2D eigenvalue weighted by Gasteiger charge is 2.17. The molecule has 2 aromatic rings. The van der Waals surface area contributed by atoms with Gasteiger partial charge in [0.2, 0.25) is 5.91 Å². The summed E-state index contributed by atoms with van der Waals surface area (Å²) >= 11 is 3.42. The Morgan fingerprint density at radius 3 is 2.50 bits per heavy atom. The van der Waals surface area contributed by atoms with E-state index in [0.717, 1.165) is 33.3 Å². The Labute approximate surface area is 126 Å².